The molecule has 0 aromatic carbocycles. The van der Waals surface area contributed by atoms with Crippen molar-refractivity contribution in [2.24, 2.45) is 0 Å². The summed E-state index contributed by atoms with van der Waals surface area (Å²) in [5.41, 5.74) is 3.11. The van der Waals surface area contributed by atoms with Gasteiger partial charge in [-0.15, -0.1) is 0 Å². The van der Waals surface area contributed by atoms with E-state index in [9.17, 15) is 0 Å². The quantitative estimate of drug-likeness (QED) is 0.903. The second-order valence-corrected chi connectivity index (χ2v) is 4.52. The second kappa shape index (κ2) is 8.48. The van der Waals surface area contributed by atoms with Crippen molar-refractivity contribution in [1.29, 1.82) is 0 Å². The molecule has 104 valence electrons. The third-order valence-corrected chi connectivity index (χ3v) is 2.83. The number of aromatic nitrogens is 1. The van der Waals surface area contributed by atoms with Crippen LogP contribution in [0.4, 0.5) is 5.69 Å². The largest absolute Gasteiger partial charge is 0.368 e. The van der Waals surface area contributed by atoms with Crippen LogP contribution in [-0.4, -0.2) is 31.2 Å². The molecule has 1 N–H and O–H groups in total. The second-order valence-electron chi connectivity index (χ2n) is 4.52. The molecule has 3 heteroatoms. The van der Waals surface area contributed by atoms with Gasteiger partial charge in [-0.25, -0.2) is 0 Å². The third-order valence-electron chi connectivity index (χ3n) is 2.83. The Bertz CT molecular complexity index is 406. The van der Waals surface area contributed by atoms with Gasteiger partial charge in [-0.3, -0.25) is 4.98 Å². The highest BCUT2D eigenvalue weighted by Crippen LogP contribution is 2.19. The van der Waals surface area contributed by atoms with Crippen molar-refractivity contribution in [1.82, 2.24) is 10.3 Å². The van der Waals surface area contributed by atoms with E-state index in [1.54, 1.807) is 6.08 Å². The van der Waals surface area contributed by atoms with Gasteiger partial charge in [0, 0.05) is 31.7 Å². The molecule has 2 heterocycles. The highest BCUT2D eigenvalue weighted by molar-refractivity contribution is 5.65. The minimum atomic E-state index is 0.897. The maximum Gasteiger partial charge on any atom is 0.0697 e. The molecule has 0 radical (unpaired) electrons. The van der Waals surface area contributed by atoms with Crippen molar-refractivity contribution in [3.05, 3.63) is 36.7 Å². The van der Waals surface area contributed by atoms with E-state index in [1.165, 1.54) is 12.1 Å². The van der Waals surface area contributed by atoms with Gasteiger partial charge in [0.05, 0.1) is 17.6 Å². The van der Waals surface area contributed by atoms with Gasteiger partial charge in [-0.2, -0.15) is 0 Å². The number of hydrogen-bond donors (Lipinski definition) is 1. The first-order valence-electron chi connectivity index (χ1n) is 6.97. The summed E-state index contributed by atoms with van der Waals surface area (Å²) in [6.45, 7) is 15.9. The predicted octanol–water partition coefficient (Wildman–Crippen LogP) is 3.19. The van der Waals surface area contributed by atoms with E-state index in [-0.39, 0.29) is 0 Å². The van der Waals surface area contributed by atoms with Crippen LogP contribution in [0.5, 0.6) is 0 Å². The standard InChI is InChI=1S/C13H17N3.C3H8/c1-3-11-9-12(10-15-13(11)4-2)16-7-5-14-6-8-16;1-3-2/h3-4,9-10,14H,1-2,5-8H2;3H2,1-2H3. The van der Waals surface area contributed by atoms with Gasteiger partial charge < -0.3 is 10.2 Å². The Kier molecular flexibility index (Phi) is 6.90. The topological polar surface area (TPSA) is 28.2 Å². The zero-order chi connectivity index (χ0) is 14.1. The molecule has 0 unspecified atom stereocenters. The van der Waals surface area contributed by atoms with Gasteiger partial charge in [0.15, 0.2) is 0 Å². The first-order chi connectivity index (χ1) is 9.26. The van der Waals surface area contributed by atoms with E-state index < -0.39 is 0 Å². The fourth-order valence-corrected chi connectivity index (χ4v) is 1.91. The number of rotatable bonds is 3. The van der Waals surface area contributed by atoms with Gasteiger partial charge in [-0.1, -0.05) is 39.5 Å². The van der Waals surface area contributed by atoms with Crippen LogP contribution >= 0.6 is 0 Å². The van der Waals surface area contributed by atoms with Crippen LogP contribution in [0.3, 0.4) is 0 Å². The lowest BCUT2D eigenvalue weighted by atomic mass is 10.1. The third kappa shape index (κ3) is 4.52. The molecular weight excluding hydrogens is 234 g/mol. The molecular formula is C16H25N3. The Labute approximate surface area is 117 Å². The van der Waals surface area contributed by atoms with Crippen LogP contribution in [0.15, 0.2) is 25.4 Å². The van der Waals surface area contributed by atoms with E-state index in [4.69, 9.17) is 0 Å². The molecule has 0 saturated carbocycles. The summed E-state index contributed by atoms with van der Waals surface area (Å²) >= 11 is 0. The lowest BCUT2D eigenvalue weighted by Gasteiger charge is -2.29. The number of pyridine rings is 1. The monoisotopic (exact) mass is 259 g/mol. The SMILES string of the molecule is C=Cc1cc(N2CCNCC2)cnc1C=C.CCC. The first-order valence-corrected chi connectivity index (χ1v) is 6.97. The molecule has 1 aliphatic heterocycles. The average Bonchev–Trinajstić information content (AvgIpc) is 2.48. The molecule has 2 rings (SSSR count). The van der Waals surface area contributed by atoms with Crippen LogP contribution in [0.2, 0.25) is 0 Å². The number of piperazine rings is 1. The van der Waals surface area contributed by atoms with Crippen LogP contribution < -0.4 is 10.2 Å². The Balaban J connectivity index is 0.000000550. The minimum absolute atomic E-state index is 0.897. The highest BCUT2D eigenvalue weighted by Gasteiger charge is 2.11. The summed E-state index contributed by atoms with van der Waals surface area (Å²) in [7, 11) is 0. The van der Waals surface area contributed by atoms with Gasteiger partial charge in [-0.05, 0) is 12.1 Å². The Morgan fingerprint density at radius 1 is 1.26 bits per heavy atom. The summed E-state index contributed by atoms with van der Waals surface area (Å²) < 4.78 is 0. The van der Waals surface area contributed by atoms with E-state index >= 15 is 0 Å². The Hall–Kier alpha value is -1.61. The summed E-state index contributed by atoms with van der Waals surface area (Å²) in [4.78, 5) is 6.73. The summed E-state index contributed by atoms with van der Waals surface area (Å²) in [5, 5.41) is 3.34. The number of nitrogens with zero attached hydrogens (tertiary/aromatic N) is 2. The van der Waals surface area contributed by atoms with Crippen LogP contribution in [-0.2, 0) is 0 Å². The number of anilines is 1. The fourth-order valence-electron chi connectivity index (χ4n) is 1.91. The molecule has 0 spiro atoms. The smallest absolute Gasteiger partial charge is 0.0697 e. The van der Waals surface area contributed by atoms with Crippen molar-refractivity contribution >= 4 is 17.8 Å². The molecule has 1 aromatic heterocycles. The van der Waals surface area contributed by atoms with E-state index in [0.717, 1.165) is 37.4 Å². The zero-order valence-corrected chi connectivity index (χ0v) is 12.2. The van der Waals surface area contributed by atoms with Crippen LogP contribution in [0.1, 0.15) is 31.5 Å². The van der Waals surface area contributed by atoms with Gasteiger partial charge in [0.2, 0.25) is 0 Å². The Morgan fingerprint density at radius 2 is 1.89 bits per heavy atom. The lowest BCUT2D eigenvalue weighted by Crippen LogP contribution is -2.43. The molecule has 1 aromatic rings. The number of hydrogen-bond acceptors (Lipinski definition) is 3. The summed E-state index contributed by atoms with van der Waals surface area (Å²) in [6, 6.07) is 2.13. The molecule has 19 heavy (non-hydrogen) atoms. The van der Waals surface area contributed by atoms with Crippen molar-refractivity contribution in [2.45, 2.75) is 20.3 Å². The molecule has 1 saturated heterocycles. The van der Waals surface area contributed by atoms with E-state index in [0.29, 0.717) is 0 Å². The zero-order valence-electron chi connectivity index (χ0n) is 12.2. The maximum absolute atomic E-state index is 4.39. The van der Waals surface area contributed by atoms with Crippen molar-refractivity contribution in [3.63, 3.8) is 0 Å². The van der Waals surface area contributed by atoms with Crippen LogP contribution in [0, 0.1) is 0 Å². The molecule has 0 aliphatic carbocycles. The predicted molar refractivity (Wildman–Crippen MR) is 85.5 cm³/mol. The van der Waals surface area contributed by atoms with E-state index in [1.807, 2.05) is 12.3 Å². The van der Waals surface area contributed by atoms with Gasteiger partial charge in [0.25, 0.3) is 0 Å². The average molecular weight is 259 g/mol. The van der Waals surface area contributed by atoms with Gasteiger partial charge >= 0.3 is 0 Å². The van der Waals surface area contributed by atoms with Crippen LogP contribution in [0.25, 0.3) is 12.2 Å². The molecule has 1 aliphatic rings. The number of nitrogens with one attached hydrogen (secondary N) is 1. The summed E-state index contributed by atoms with van der Waals surface area (Å²) in [5.74, 6) is 0. The molecule has 0 bridgehead atoms. The highest BCUT2D eigenvalue weighted by atomic mass is 15.2. The first kappa shape index (κ1) is 15.4. The minimum Gasteiger partial charge on any atom is -0.368 e. The van der Waals surface area contributed by atoms with Crippen molar-refractivity contribution in [2.75, 3.05) is 31.1 Å². The lowest BCUT2D eigenvalue weighted by molar-refractivity contribution is 0.588. The summed E-state index contributed by atoms with van der Waals surface area (Å²) in [6.07, 6.45) is 6.75. The fraction of sp³-hybridized carbons (Fsp3) is 0.438. The molecule has 0 amide bonds. The van der Waals surface area contributed by atoms with Crippen molar-refractivity contribution in [3.8, 4) is 0 Å². The normalized spacial score (nSPS) is 14.3. The Morgan fingerprint density at radius 3 is 2.42 bits per heavy atom. The molecule has 0 atom stereocenters. The molecule has 3 nitrogen and oxygen atoms in total. The van der Waals surface area contributed by atoms with E-state index in [2.05, 4.69) is 48.3 Å². The maximum atomic E-state index is 4.39. The van der Waals surface area contributed by atoms with Crippen molar-refractivity contribution < 1.29 is 0 Å². The molecule has 1 fully saturated rings. The van der Waals surface area contributed by atoms with Gasteiger partial charge in [0.1, 0.15) is 0 Å².